The molecule has 1 saturated carbocycles. The third kappa shape index (κ3) is 5.15. The Morgan fingerprint density at radius 1 is 0.971 bits per heavy atom. The molecule has 7 heteroatoms. The van der Waals surface area contributed by atoms with Crippen molar-refractivity contribution in [2.75, 3.05) is 18.0 Å². The molecule has 0 radical (unpaired) electrons. The number of nitrogens with zero attached hydrogens (tertiary/aromatic N) is 2. The molecule has 1 aromatic carbocycles. The van der Waals surface area contributed by atoms with Gasteiger partial charge in [0.25, 0.3) is 0 Å². The SMILES string of the molecule is Cc1ccc(N2C(=O)CC(C(=O)NC3CCN(C(=O)C4CCCCC4)CC3)C2c2cccs2)cc1. The number of benzene rings is 1. The zero-order chi connectivity index (χ0) is 24.4. The molecule has 35 heavy (non-hydrogen) atoms. The Kier molecular flexibility index (Phi) is 7.23. The fourth-order valence-electron chi connectivity index (χ4n) is 5.92. The van der Waals surface area contributed by atoms with Gasteiger partial charge in [-0.3, -0.25) is 14.4 Å². The molecule has 2 saturated heterocycles. The second kappa shape index (κ2) is 10.5. The number of hydrogen-bond donors (Lipinski definition) is 1. The number of amides is 3. The minimum absolute atomic E-state index is 0.0136. The lowest BCUT2D eigenvalue weighted by molar-refractivity contribution is -0.137. The van der Waals surface area contributed by atoms with Crippen LogP contribution in [0, 0.1) is 18.8 Å². The van der Waals surface area contributed by atoms with Crippen molar-refractivity contribution in [3.05, 3.63) is 52.2 Å². The topological polar surface area (TPSA) is 69.7 Å². The fourth-order valence-corrected chi connectivity index (χ4v) is 6.80. The second-order valence-corrected chi connectivity index (χ2v) is 11.3. The normalized spacial score (nSPS) is 24.1. The highest BCUT2D eigenvalue weighted by molar-refractivity contribution is 7.10. The minimum atomic E-state index is -0.427. The van der Waals surface area contributed by atoms with Crippen LogP contribution < -0.4 is 10.2 Å². The van der Waals surface area contributed by atoms with Crippen molar-refractivity contribution in [1.82, 2.24) is 10.2 Å². The van der Waals surface area contributed by atoms with E-state index in [0.29, 0.717) is 19.0 Å². The fraction of sp³-hybridized carbons (Fsp3) is 0.536. The molecule has 6 nitrogen and oxygen atoms in total. The number of hydrogen-bond acceptors (Lipinski definition) is 4. The van der Waals surface area contributed by atoms with E-state index >= 15 is 0 Å². The molecule has 3 amide bonds. The molecule has 3 aliphatic rings. The number of anilines is 1. The van der Waals surface area contributed by atoms with Crippen molar-refractivity contribution < 1.29 is 14.4 Å². The Bertz CT molecular complexity index is 1040. The first-order valence-corrected chi connectivity index (χ1v) is 13.9. The standard InChI is InChI=1S/C28H35N3O3S/c1-19-9-11-22(12-10-19)31-25(32)18-23(26(31)24-8-5-17-35-24)27(33)29-21-13-15-30(16-14-21)28(34)20-6-3-2-4-7-20/h5,8-12,17,20-21,23,26H,2-4,6-7,13-16,18H2,1H3,(H,29,33). The lowest BCUT2D eigenvalue weighted by atomic mass is 9.87. The number of likely N-dealkylation sites (tertiary alicyclic amines) is 1. The summed E-state index contributed by atoms with van der Waals surface area (Å²) in [5.41, 5.74) is 1.97. The van der Waals surface area contributed by atoms with Crippen LogP contribution in [0.15, 0.2) is 41.8 Å². The van der Waals surface area contributed by atoms with Crippen LogP contribution in [0.5, 0.6) is 0 Å². The highest BCUT2D eigenvalue weighted by Crippen LogP contribution is 2.43. The summed E-state index contributed by atoms with van der Waals surface area (Å²) in [5.74, 6) is 0.00846. The molecular formula is C28H35N3O3S. The van der Waals surface area contributed by atoms with Crippen LogP contribution in [0.25, 0.3) is 0 Å². The van der Waals surface area contributed by atoms with Gasteiger partial charge < -0.3 is 15.1 Å². The summed E-state index contributed by atoms with van der Waals surface area (Å²) >= 11 is 1.59. The first-order chi connectivity index (χ1) is 17.0. The maximum atomic E-state index is 13.5. The van der Waals surface area contributed by atoms with Crippen LogP contribution in [0.1, 0.15) is 67.8 Å². The van der Waals surface area contributed by atoms with Crippen LogP contribution >= 0.6 is 11.3 Å². The largest absolute Gasteiger partial charge is 0.353 e. The lowest BCUT2D eigenvalue weighted by Gasteiger charge is -2.36. The van der Waals surface area contributed by atoms with Crippen LogP contribution in [-0.2, 0) is 14.4 Å². The smallest absolute Gasteiger partial charge is 0.228 e. The first-order valence-electron chi connectivity index (χ1n) is 13.0. The quantitative estimate of drug-likeness (QED) is 0.648. The van der Waals surface area contributed by atoms with Gasteiger partial charge in [-0.25, -0.2) is 0 Å². The van der Waals surface area contributed by atoms with Gasteiger partial charge in [0.05, 0.1) is 12.0 Å². The summed E-state index contributed by atoms with van der Waals surface area (Å²) in [4.78, 5) is 44.4. The van der Waals surface area contributed by atoms with Gasteiger partial charge in [0.15, 0.2) is 0 Å². The summed E-state index contributed by atoms with van der Waals surface area (Å²) in [7, 11) is 0. The summed E-state index contributed by atoms with van der Waals surface area (Å²) in [6, 6.07) is 11.7. The number of rotatable bonds is 5. The molecule has 1 N–H and O–H groups in total. The predicted octanol–water partition coefficient (Wildman–Crippen LogP) is 4.84. The molecule has 1 aromatic heterocycles. The third-order valence-electron chi connectivity index (χ3n) is 7.91. The Hall–Kier alpha value is -2.67. The molecule has 2 aliphatic heterocycles. The van der Waals surface area contributed by atoms with E-state index in [1.165, 1.54) is 6.42 Å². The molecule has 0 spiro atoms. The van der Waals surface area contributed by atoms with Crippen molar-refractivity contribution in [3.8, 4) is 0 Å². The number of piperidine rings is 1. The van der Waals surface area contributed by atoms with E-state index in [2.05, 4.69) is 5.32 Å². The van der Waals surface area contributed by atoms with Crippen molar-refractivity contribution >= 4 is 34.7 Å². The number of carbonyl (C=O) groups is 3. The Balaban J connectivity index is 1.24. The molecule has 2 atom stereocenters. The maximum absolute atomic E-state index is 13.5. The van der Waals surface area contributed by atoms with E-state index < -0.39 is 5.92 Å². The zero-order valence-corrected chi connectivity index (χ0v) is 21.3. The highest BCUT2D eigenvalue weighted by atomic mass is 32.1. The van der Waals surface area contributed by atoms with E-state index in [1.54, 1.807) is 16.2 Å². The average molecular weight is 494 g/mol. The van der Waals surface area contributed by atoms with Crippen LogP contribution in [-0.4, -0.2) is 41.8 Å². The van der Waals surface area contributed by atoms with Crippen LogP contribution in [0.3, 0.4) is 0 Å². The van der Waals surface area contributed by atoms with Crippen LogP contribution in [0.4, 0.5) is 5.69 Å². The second-order valence-electron chi connectivity index (χ2n) is 10.3. The molecule has 2 aromatic rings. The van der Waals surface area contributed by atoms with Crippen molar-refractivity contribution in [2.24, 2.45) is 11.8 Å². The molecule has 2 unspecified atom stereocenters. The van der Waals surface area contributed by atoms with Gasteiger partial charge in [0.2, 0.25) is 17.7 Å². The van der Waals surface area contributed by atoms with E-state index in [0.717, 1.165) is 54.7 Å². The Labute approximate surface area is 211 Å². The zero-order valence-electron chi connectivity index (χ0n) is 20.4. The molecule has 1 aliphatic carbocycles. The summed E-state index contributed by atoms with van der Waals surface area (Å²) in [6.07, 6.45) is 7.37. The molecule has 186 valence electrons. The van der Waals surface area contributed by atoms with E-state index in [9.17, 15) is 14.4 Å². The Morgan fingerprint density at radius 3 is 2.34 bits per heavy atom. The highest BCUT2D eigenvalue weighted by Gasteiger charge is 2.46. The van der Waals surface area contributed by atoms with Crippen LogP contribution in [0.2, 0.25) is 0 Å². The number of carbonyl (C=O) groups excluding carboxylic acids is 3. The van der Waals surface area contributed by atoms with Gasteiger partial charge >= 0.3 is 0 Å². The van der Waals surface area contributed by atoms with E-state index in [4.69, 9.17) is 0 Å². The number of aryl methyl sites for hydroxylation is 1. The molecular weight excluding hydrogens is 458 g/mol. The molecule has 5 rings (SSSR count). The van der Waals surface area contributed by atoms with Crippen molar-refractivity contribution in [2.45, 2.75) is 70.4 Å². The number of nitrogens with one attached hydrogen (secondary N) is 1. The summed E-state index contributed by atoms with van der Waals surface area (Å²) < 4.78 is 0. The maximum Gasteiger partial charge on any atom is 0.228 e. The van der Waals surface area contributed by atoms with Gasteiger partial charge in [-0.1, -0.05) is 43.0 Å². The third-order valence-corrected chi connectivity index (χ3v) is 8.86. The molecule has 3 heterocycles. The van der Waals surface area contributed by atoms with Crippen molar-refractivity contribution in [1.29, 1.82) is 0 Å². The van der Waals surface area contributed by atoms with E-state index in [1.807, 2.05) is 53.6 Å². The van der Waals surface area contributed by atoms with Gasteiger partial charge in [-0.2, -0.15) is 0 Å². The van der Waals surface area contributed by atoms with Gasteiger partial charge in [-0.15, -0.1) is 11.3 Å². The van der Waals surface area contributed by atoms with Crippen molar-refractivity contribution in [3.63, 3.8) is 0 Å². The minimum Gasteiger partial charge on any atom is -0.353 e. The van der Waals surface area contributed by atoms with Gasteiger partial charge in [0, 0.05) is 42.0 Å². The Morgan fingerprint density at radius 2 is 1.69 bits per heavy atom. The lowest BCUT2D eigenvalue weighted by Crippen LogP contribution is -2.49. The van der Waals surface area contributed by atoms with Gasteiger partial charge in [-0.05, 0) is 56.2 Å². The van der Waals surface area contributed by atoms with Gasteiger partial charge in [0.1, 0.15) is 0 Å². The first kappa shape index (κ1) is 24.0. The van der Waals surface area contributed by atoms with E-state index in [-0.39, 0.29) is 36.2 Å². The molecule has 0 bridgehead atoms. The summed E-state index contributed by atoms with van der Waals surface area (Å²) in [5, 5.41) is 5.24. The monoisotopic (exact) mass is 493 g/mol. The molecule has 3 fully saturated rings. The number of thiophene rings is 1. The summed E-state index contributed by atoms with van der Waals surface area (Å²) in [6.45, 7) is 3.43. The average Bonchev–Trinajstić information content (AvgIpc) is 3.53. The predicted molar refractivity (Wildman–Crippen MR) is 138 cm³/mol.